The van der Waals surface area contributed by atoms with Gasteiger partial charge in [-0.05, 0) is 62.1 Å². The number of hydrogen-bond donors (Lipinski definition) is 2. The van der Waals surface area contributed by atoms with E-state index in [2.05, 4.69) is 0 Å². The maximum Gasteiger partial charge on any atom is 0.460 e. The highest BCUT2D eigenvalue weighted by Crippen LogP contribution is 2.58. The summed E-state index contributed by atoms with van der Waals surface area (Å²) in [4.78, 5) is 0. The number of nitrogen functional groups attached to an aromatic ring is 2. The Balaban J connectivity index is 3.02. The van der Waals surface area contributed by atoms with Gasteiger partial charge in [-0.1, -0.05) is 0 Å². The molecule has 17 heteroatoms. The summed E-state index contributed by atoms with van der Waals surface area (Å²) in [7, 11) is 0. The molecule has 0 saturated heterocycles. The molecule has 0 aliphatic carbocycles. The molecule has 0 aliphatic heterocycles. The number of alkyl halides is 14. The molecule has 0 amide bonds. The lowest BCUT2D eigenvalue weighted by atomic mass is 9.91. The topological polar surface area (TPSA) is 61.3 Å². The number of ether oxygens (including phenoxy) is 1. The van der Waals surface area contributed by atoms with Crippen molar-refractivity contribution in [2.75, 3.05) is 11.5 Å². The third-order valence-corrected chi connectivity index (χ3v) is 5.94. The van der Waals surface area contributed by atoms with Crippen molar-refractivity contribution in [1.29, 1.82) is 0 Å². The van der Waals surface area contributed by atoms with E-state index < -0.39 is 81.2 Å². The Morgan fingerprint density at radius 2 is 0.769 bits per heavy atom. The average molecular weight is 592 g/mol. The van der Waals surface area contributed by atoms with Crippen LogP contribution in [-0.4, -0.2) is 24.2 Å². The van der Waals surface area contributed by atoms with E-state index in [1.165, 1.54) is 0 Å². The van der Waals surface area contributed by atoms with Gasteiger partial charge in [-0.3, -0.25) is 0 Å². The molecule has 0 saturated carbocycles. The Bertz CT molecular complexity index is 1180. The highest BCUT2D eigenvalue weighted by Gasteiger charge is 2.76. The van der Waals surface area contributed by atoms with Crippen molar-refractivity contribution in [3.8, 4) is 11.5 Å². The molecule has 0 atom stereocenters. The van der Waals surface area contributed by atoms with Crippen molar-refractivity contribution in [1.82, 2.24) is 0 Å². The fourth-order valence-corrected chi connectivity index (χ4v) is 3.65. The summed E-state index contributed by atoms with van der Waals surface area (Å²) in [5, 5.41) is 0. The third-order valence-electron chi connectivity index (χ3n) is 5.94. The third kappa shape index (κ3) is 4.77. The molecule has 220 valence electrons. The van der Waals surface area contributed by atoms with Gasteiger partial charge in [0.1, 0.15) is 11.5 Å². The first-order valence-corrected chi connectivity index (χ1v) is 10.3. The SMILES string of the molecule is Cc1cc(Oc2cc(C)c(N)c(C)c2C(F)(F)C(F)(F)C(F)(F)F)c(C(F)(F)C(F)(F)C(F)(F)F)c(C)c1N. The van der Waals surface area contributed by atoms with Crippen molar-refractivity contribution in [2.45, 2.75) is 63.7 Å². The first kappa shape index (κ1) is 32.1. The Kier molecular flexibility index (Phi) is 7.58. The van der Waals surface area contributed by atoms with Crippen LogP contribution in [0.15, 0.2) is 12.1 Å². The largest absolute Gasteiger partial charge is 0.460 e. The highest BCUT2D eigenvalue weighted by atomic mass is 19.4. The normalized spacial score (nSPS) is 14.1. The molecule has 0 radical (unpaired) electrons. The minimum absolute atomic E-state index is 0.308. The number of hydrogen-bond acceptors (Lipinski definition) is 3. The standard InChI is InChI=1S/C22H18F14N2O/c1-7-5-11(13(9(3)15(7)37)17(23,24)19(27,28)21(31,32)33)39-12-6-8(2)16(38)10(4)14(12)18(25,26)20(29,30)22(34,35)36/h5-6H,37-38H2,1-4H3. The summed E-state index contributed by atoms with van der Waals surface area (Å²) in [5.74, 6) is -29.4. The monoisotopic (exact) mass is 592 g/mol. The van der Waals surface area contributed by atoms with Crippen molar-refractivity contribution in [3.63, 3.8) is 0 Å². The van der Waals surface area contributed by atoms with Crippen LogP contribution in [0.5, 0.6) is 11.5 Å². The lowest BCUT2D eigenvalue weighted by molar-refractivity contribution is -0.360. The van der Waals surface area contributed by atoms with Gasteiger partial charge in [0, 0.05) is 11.4 Å². The lowest BCUT2D eigenvalue weighted by Gasteiger charge is -2.33. The maximum absolute atomic E-state index is 14.8. The molecule has 0 unspecified atom stereocenters. The fraction of sp³-hybridized carbons (Fsp3) is 0.455. The van der Waals surface area contributed by atoms with E-state index in [4.69, 9.17) is 16.2 Å². The Hall–Kier alpha value is -3.14. The predicted octanol–water partition coefficient (Wildman–Crippen LogP) is 8.46. The van der Waals surface area contributed by atoms with Gasteiger partial charge in [0.05, 0.1) is 11.1 Å². The van der Waals surface area contributed by atoms with Gasteiger partial charge < -0.3 is 16.2 Å². The van der Waals surface area contributed by atoms with Gasteiger partial charge in [0.25, 0.3) is 0 Å². The summed E-state index contributed by atoms with van der Waals surface area (Å²) >= 11 is 0. The second kappa shape index (κ2) is 9.21. The van der Waals surface area contributed by atoms with Crippen LogP contribution in [0.25, 0.3) is 0 Å². The first-order valence-electron chi connectivity index (χ1n) is 10.3. The van der Waals surface area contributed by atoms with Gasteiger partial charge >= 0.3 is 36.0 Å². The fourth-order valence-electron chi connectivity index (χ4n) is 3.65. The van der Waals surface area contributed by atoms with E-state index in [-0.39, 0.29) is 11.1 Å². The van der Waals surface area contributed by atoms with E-state index in [9.17, 15) is 61.5 Å². The molecule has 0 fully saturated rings. The number of nitrogens with two attached hydrogens (primary N) is 2. The van der Waals surface area contributed by atoms with Crippen molar-refractivity contribution in [2.24, 2.45) is 0 Å². The maximum atomic E-state index is 14.8. The minimum Gasteiger partial charge on any atom is -0.456 e. The zero-order valence-electron chi connectivity index (χ0n) is 20.0. The highest BCUT2D eigenvalue weighted by molar-refractivity contribution is 5.66. The number of halogens is 14. The van der Waals surface area contributed by atoms with E-state index in [0.29, 0.717) is 26.0 Å². The van der Waals surface area contributed by atoms with Crippen LogP contribution in [0.2, 0.25) is 0 Å². The van der Waals surface area contributed by atoms with Crippen molar-refractivity contribution < 1.29 is 66.2 Å². The molecule has 2 aromatic rings. The lowest BCUT2D eigenvalue weighted by Crippen LogP contribution is -2.50. The molecule has 0 spiro atoms. The van der Waals surface area contributed by atoms with E-state index in [1.54, 1.807) is 0 Å². The van der Waals surface area contributed by atoms with Crippen LogP contribution in [0, 0.1) is 27.7 Å². The van der Waals surface area contributed by atoms with E-state index >= 15 is 0 Å². The van der Waals surface area contributed by atoms with Crippen LogP contribution >= 0.6 is 0 Å². The molecule has 0 bridgehead atoms. The summed E-state index contributed by atoms with van der Waals surface area (Å²) in [6.07, 6.45) is -13.7. The molecule has 2 rings (SSSR count). The van der Waals surface area contributed by atoms with Gasteiger partial charge in [0.15, 0.2) is 0 Å². The van der Waals surface area contributed by atoms with Crippen LogP contribution in [-0.2, 0) is 11.8 Å². The van der Waals surface area contributed by atoms with Gasteiger partial charge in [0.2, 0.25) is 0 Å². The quantitative estimate of drug-likeness (QED) is 0.262. The molecule has 39 heavy (non-hydrogen) atoms. The second-order valence-corrected chi connectivity index (χ2v) is 8.61. The smallest absolute Gasteiger partial charge is 0.456 e. The zero-order valence-corrected chi connectivity index (χ0v) is 20.0. The first-order chi connectivity index (χ1) is 17.2. The Morgan fingerprint density at radius 1 is 0.513 bits per heavy atom. The molecule has 0 heterocycles. The summed E-state index contributed by atoms with van der Waals surface area (Å²) in [6.45, 7) is 3.12. The molecule has 3 nitrogen and oxygen atoms in total. The number of aryl methyl sites for hydroxylation is 2. The number of rotatable bonds is 6. The van der Waals surface area contributed by atoms with E-state index in [1.807, 2.05) is 0 Å². The molecular weight excluding hydrogens is 574 g/mol. The molecule has 4 N–H and O–H groups in total. The molecular formula is C22H18F14N2O. The number of anilines is 2. The number of benzene rings is 2. The van der Waals surface area contributed by atoms with Crippen LogP contribution in [0.4, 0.5) is 72.8 Å². The second-order valence-electron chi connectivity index (χ2n) is 8.61. The molecule has 2 aromatic carbocycles. The van der Waals surface area contributed by atoms with Crippen LogP contribution < -0.4 is 16.2 Å². The molecule has 0 aliphatic rings. The zero-order chi connectivity index (χ0) is 30.9. The summed E-state index contributed by atoms with van der Waals surface area (Å²) in [6, 6.07) is 0.617. The summed E-state index contributed by atoms with van der Waals surface area (Å²) in [5.41, 5.74) is 1.95. The van der Waals surface area contributed by atoms with Gasteiger partial charge in [-0.25, -0.2) is 0 Å². The Morgan fingerprint density at radius 3 is 1.00 bits per heavy atom. The van der Waals surface area contributed by atoms with Crippen LogP contribution in [0.1, 0.15) is 33.4 Å². The summed E-state index contributed by atoms with van der Waals surface area (Å²) < 4.78 is 197. The minimum atomic E-state index is -6.87. The van der Waals surface area contributed by atoms with Crippen molar-refractivity contribution in [3.05, 3.63) is 45.5 Å². The van der Waals surface area contributed by atoms with E-state index in [0.717, 1.165) is 13.8 Å². The predicted molar refractivity (Wildman–Crippen MR) is 111 cm³/mol. The van der Waals surface area contributed by atoms with Gasteiger partial charge in [-0.2, -0.15) is 61.5 Å². The van der Waals surface area contributed by atoms with Crippen LogP contribution in [0.3, 0.4) is 0 Å². The average Bonchev–Trinajstić information content (AvgIpc) is 2.73. The van der Waals surface area contributed by atoms with Crippen molar-refractivity contribution >= 4 is 11.4 Å². The molecule has 0 aromatic heterocycles. The van der Waals surface area contributed by atoms with Gasteiger partial charge in [-0.15, -0.1) is 0 Å². The Labute approximate surface area is 210 Å².